The van der Waals surface area contributed by atoms with Crippen LogP contribution in [0.5, 0.6) is 0 Å². The van der Waals surface area contributed by atoms with Crippen LogP contribution in [0.2, 0.25) is 5.02 Å². The van der Waals surface area contributed by atoms with Crippen molar-refractivity contribution in [2.75, 3.05) is 58.3 Å². The van der Waals surface area contributed by atoms with Gasteiger partial charge in [-0.15, -0.1) is 0 Å². The van der Waals surface area contributed by atoms with E-state index in [9.17, 15) is 9.59 Å². The molecule has 1 aromatic rings. The highest BCUT2D eigenvalue weighted by atomic mass is 35.5. The van der Waals surface area contributed by atoms with Gasteiger partial charge in [0.25, 0.3) is 0 Å². The van der Waals surface area contributed by atoms with Crippen LogP contribution in [0.3, 0.4) is 0 Å². The second-order valence-electron chi connectivity index (χ2n) is 7.68. The molecule has 2 saturated heterocycles. The molecular weight excluding hydrogens is 364 g/mol. The van der Waals surface area contributed by atoms with Crippen molar-refractivity contribution in [1.29, 1.82) is 0 Å². The van der Waals surface area contributed by atoms with Gasteiger partial charge in [0.15, 0.2) is 0 Å². The first-order valence-corrected chi connectivity index (χ1v) is 10.0. The van der Waals surface area contributed by atoms with Gasteiger partial charge in [0.2, 0.25) is 5.91 Å². The van der Waals surface area contributed by atoms with Gasteiger partial charge >= 0.3 is 6.03 Å². The number of hydrogen-bond acceptors (Lipinski definition) is 3. The zero-order chi connectivity index (χ0) is 19.6. The van der Waals surface area contributed by atoms with E-state index >= 15 is 0 Å². The molecule has 1 aromatic carbocycles. The number of piperidine rings is 1. The third kappa shape index (κ3) is 4.49. The van der Waals surface area contributed by atoms with Gasteiger partial charge in [-0.25, -0.2) is 4.79 Å². The summed E-state index contributed by atoms with van der Waals surface area (Å²) in [4.78, 5) is 32.7. The smallest absolute Gasteiger partial charge is 0.319 e. The second-order valence-corrected chi connectivity index (χ2v) is 8.12. The van der Waals surface area contributed by atoms with Crippen LogP contribution in [-0.4, -0.2) is 80.0 Å². The number of aryl methyl sites for hydroxylation is 1. The first-order valence-electron chi connectivity index (χ1n) is 9.63. The Hall–Kier alpha value is -1.95. The largest absolute Gasteiger partial charge is 0.368 e. The van der Waals surface area contributed by atoms with Crippen LogP contribution in [0.4, 0.5) is 10.5 Å². The second kappa shape index (κ2) is 8.38. The summed E-state index contributed by atoms with van der Waals surface area (Å²) in [5.74, 6) is 0.282. The first-order chi connectivity index (χ1) is 12.9. The van der Waals surface area contributed by atoms with E-state index in [0.29, 0.717) is 13.1 Å². The third-order valence-electron chi connectivity index (χ3n) is 5.60. The van der Waals surface area contributed by atoms with Crippen molar-refractivity contribution in [1.82, 2.24) is 14.7 Å². The molecule has 3 rings (SSSR count). The van der Waals surface area contributed by atoms with Gasteiger partial charge in [0.05, 0.1) is 0 Å². The van der Waals surface area contributed by atoms with E-state index in [-0.39, 0.29) is 17.9 Å². The molecule has 7 heteroatoms. The van der Waals surface area contributed by atoms with Gasteiger partial charge in [-0.2, -0.15) is 0 Å². The highest BCUT2D eigenvalue weighted by Gasteiger charge is 2.32. The van der Waals surface area contributed by atoms with Gasteiger partial charge in [0, 0.05) is 70.0 Å². The van der Waals surface area contributed by atoms with E-state index in [4.69, 9.17) is 11.6 Å². The van der Waals surface area contributed by atoms with Crippen LogP contribution >= 0.6 is 11.6 Å². The van der Waals surface area contributed by atoms with Crippen LogP contribution in [0, 0.1) is 12.8 Å². The zero-order valence-corrected chi connectivity index (χ0v) is 17.2. The number of carbonyl (C=O) groups is 2. The number of amides is 3. The standard InChI is InChI=1S/C20H29ClN4O2/c1-15-4-5-17(21)14-18(15)23-10-12-24(13-11-23)19(26)16-6-8-25(9-7-16)20(27)22(2)3/h4-5,14,16H,6-13H2,1-3H3. The topological polar surface area (TPSA) is 47.1 Å². The summed E-state index contributed by atoms with van der Waals surface area (Å²) in [6, 6.07) is 5.99. The van der Waals surface area contributed by atoms with Crippen LogP contribution in [-0.2, 0) is 4.79 Å². The number of likely N-dealkylation sites (tertiary alicyclic amines) is 1. The Balaban J connectivity index is 1.52. The number of halogens is 1. The number of hydrogen-bond donors (Lipinski definition) is 0. The first kappa shape index (κ1) is 19.8. The van der Waals surface area contributed by atoms with Crippen molar-refractivity contribution < 1.29 is 9.59 Å². The summed E-state index contributed by atoms with van der Waals surface area (Å²) in [6.45, 7) is 6.54. The Bertz CT molecular complexity index is 693. The number of anilines is 1. The SMILES string of the molecule is Cc1ccc(Cl)cc1N1CCN(C(=O)C2CCN(C(=O)N(C)C)CC2)CC1. The summed E-state index contributed by atoms with van der Waals surface area (Å²) in [7, 11) is 3.53. The molecule has 0 spiro atoms. The minimum atomic E-state index is 0.0337. The molecule has 0 bridgehead atoms. The molecular formula is C20H29ClN4O2. The molecule has 2 aliphatic heterocycles. The van der Waals surface area contributed by atoms with E-state index in [1.165, 1.54) is 5.56 Å². The van der Waals surface area contributed by atoms with E-state index < -0.39 is 0 Å². The quantitative estimate of drug-likeness (QED) is 0.777. The van der Waals surface area contributed by atoms with Gasteiger partial charge in [-0.05, 0) is 37.5 Å². The number of rotatable bonds is 2. The van der Waals surface area contributed by atoms with Crippen molar-refractivity contribution in [2.45, 2.75) is 19.8 Å². The fraction of sp³-hybridized carbons (Fsp3) is 0.600. The molecule has 2 aliphatic rings. The molecule has 2 fully saturated rings. The highest BCUT2D eigenvalue weighted by Crippen LogP contribution is 2.26. The van der Waals surface area contributed by atoms with Gasteiger partial charge < -0.3 is 19.6 Å². The summed E-state index contributed by atoms with van der Waals surface area (Å²) in [6.07, 6.45) is 1.51. The van der Waals surface area contributed by atoms with Crippen LogP contribution in [0.1, 0.15) is 18.4 Å². The minimum absolute atomic E-state index is 0.0337. The molecule has 6 nitrogen and oxygen atoms in total. The molecule has 0 unspecified atom stereocenters. The van der Waals surface area contributed by atoms with Gasteiger partial charge in [-0.3, -0.25) is 4.79 Å². The number of carbonyl (C=O) groups excluding carboxylic acids is 2. The van der Waals surface area contributed by atoms with Crippen LogP contribution in [0.25, 0.3) is 0 Å². The highest BCUT2D eigenvalue weighted by molar-refractivity contribution is 6.30. The molecule has 0 N–H and O–H groups in total. The summed E-state index contributed by atoms with van der Waals surface area (Å²) >= 11 is 6.15. The van der Waals surface area contributed by atoms with Gasteiger partial charge in [0.1, 0.15) is 0 Å². The molecule has 27 heavy (non-hydrogen) atoms. The van der Waals surface area contributed by atoms with Crippen molar-refractivity contribution >= 4 is 29.2 Å². The fourth-order valence-electron chi connectivity index (χ4n) is 3.95. The summed E-state index contributed by atoms with van der Waals surface area (Å²) in [5, 5.41) is 0.744. The van der Waals surface area contributed by atoms with Crippen molar-refractivity contribution in [3.63, 3.8) is 0 Å². The maximum Gasteiger partial charge on any atom is 0.319 e. The lowest BCUT2D eigenvalue weighted by atomic mass is 9.95. The van der Waals surface area contributed by atoms with Gasteiger partial charge in [-0.1, -0.05) is 17.7 Å². The summed E-state index contributed by atoms with van der Waals surface area (Å²) in [5.41, 5.74) is 2.36. The number of nitrogens with zero attached hydrogens (tertiary/aromatic N) is 4. The molecule has 0 atom stereocenters. The molecule has 0 aromatic heterocycles. The predicted molar refractivity (Wildman–Crippen MR) is 108 cm³/mol. The molecule has 148 valence electrons. The van der Waals surface area contributed by atoms with E-state index in [0.717, 1.165) is 49.7 Å². The van der Waals surface area contributed by atoms with Crippen molar-refractivity contribution in [3.05, 3.63) is 28.8 Å². The van der Waals surface area contributed by atoms with Crippen LogP contribution < -0.4 is 4.90 Å². The van der Waals surface area contributed by atoms with E-state index in [1.54, 1.807) is 19.0 Å². The Morgan fingerprint density at radius 3 is 2.22 bits per heavy atom. The Kier molecular flexibility index (Phi) is 6.15. The van der Waals surface area contributed by atoms with Crippen molar-refractivity contribution in [3.8, 4) is 0 Å². The molecule has 0 saturated carbocycles. The monoisotopic (exact) mass is 392 g/mol. The predicted octanol–water partition coefficient (Wildman–Crippen LogP) is 2.69. The van der Waals surface area contributed by atoms with Crippen molar-refractivity contribution in [2.24, 2.45) is 5.92 Å². The number of urea groups is 1. The Morgan fingerprint density at radius 2 is 1.63 bits per heavy atom. The maximum absolute atomic E-state index is 12.9. The van der Waals surface area contributed by atoms with E-state index in [1.807, 2.05) is 28.0 Å². The van der Waals surface area contributed by atoms with E-state index in [2.05, 4.69) is 11.8 Å². The normalized spacial score (nSPS) is 18.6. The summed E-state index contributed by atoms with van der Waals surface area (Å²) < 4.78 is 0. The molecule has 3 amide bonds. The minimum Gasteiger partial charge on any atom is -0.368 e. The lowest BCUT2D eigenvalue weighted by Crippen LogP contribution is -2.52. The Morgan fingerprint density at radius 1 is 1.00 bits per heavy atom. The lowest BCUT2D eigenvalue weighted by molar-refractivity contribution is -0.137. The third-order valence-corrected chi connectivity index (χ3v) is 5.84. The average molecular weight is 393 g/mol. The zero-order valence-electron chi connectivity index (χ0n) is 16.4. The lowest BCUT2D eigenvalue weighted by Gasteiger charge is -2.40. The Labute approximate surface area is 166 Å². The fourth-order valence-corrected chi connectivity index (χ4v) is 4.12. The average Bonchev–Trinajstić information content (AvgIpc) is 2.69. The number of piperazine rings is 1. The van der Waals surface area contributed by atoms with Crippen LogP contribution in [0.15, 0.2) is 18.2 Å². The molecule has 0 aliphatic carbocycles. The molecule has 2 heterocycles. The number of benzene rings is 1. The maximum atomic E-state index is 12.9. The molecule has 0 radical (unpaired) electrons.